The van der Waals surface area contributed by atoms with Crippen LogP contribution in [0.1, 0.15) is 41.6 Å². The Morgan fingerprint density at radius 1 is 1.32 bits per heavy atom. The molecule has 1 aromatic carbocycles. The SMILES string of the molecule is COCCO.NCc1cccnc1.[C-]#[N+]c1ccc2c(c1)C(c1nc(Cl)nc3nn(CCC)cc13)C(=O)C2. The summed E-state index contributed by atoms with van der Waals surface area (Å²) < 4.78 is 6.24. The first kappa shape index (κ1) is 28.8. The van der Waals surface area contributed by atoms with Crippen molar-refractivity contribution in [2.75, 3.05) is 20.3 Å². The predicted octanol–water partition coefficient (Wildman–Crippen LogP) is 3.86. The molecule has 0 spiro atoms. The lowest BCUT2D eigenvalue weighted by atomic mass is 9.95. The van der Waals surface area contributed by atoms with Crippen LogP contribution in [-0.2, 0) is 29.0 Å². The Kier molecular flexibility index (Phi) is 10.8. The van der Waals surface area contributed by atoms with E-state index in [0.717, 1.165) is 35.0 Å². The van der Waals surface area contributed by atoms with Crippen molar-refractivity contribution < 1.29 is 14.6 Å². The number of methoxy groups -OCH3 is 1. The summed E-state index contributed by atoms with van der Waals surface area (Å²) in [4.78, 5) is 28.6. The second-order valence-corrected chi connectivity index (χ2v) is 8.70. The quantitative estimate of drug-likeness (QED) is 0.281. The third kappa shape index (κ3) is 7.18. The Morgan fingerprint density at radius 3 is 2.71 bits per heavy atom. The van der Waals surface area contributed by atoms with Crippen LogP contribution in [0.3, 0.4) is 0 Å². The van der Waals surface area contributed by atoms with E-state index in [9.17, 15) is 4.79 Å². The molecular weight excluding hydrogens is 506 g/mol. The number of ketones is 1. The van der Waals surface area contributed by atoms with Gasteiger partial charge in [-0.2, -0.15) is 10.1 Å². The standard InChI is InChI=1S/C18H14ClN5O.C6H8N2.C3H8O2/c1-3-6-24-9-13-16(21-18(19)22-17(13)23-24)15-12-8-11(20-2)5-4-10(12)7-14(15)25;7-4-6-2-1-3-8-5-6;1-5-3-2-4/h4-5,8-9,15H,3,6-7H2,1H3;1-3,5H,4,7H2;4H,2-3H2,1H3. The van der Waals surface area contributed by atoms with E-state index >= 15 is 0 Å². The molecule has 0 fully saturated rings. The van der Waals surface area contributed by atoms with E-state index in [1.54, 1.807) is 36.3 Å². The van der Waals surface area contributed by atoms with E-state index in [1.807, 2.05) is 24.4 Å². The first-order chi connectivity index (χ1) is 18.4. The van der Waals surface area contributed by atoms with E-state index < -0.39 is 5.92 Å². The molecule has 0 amide bonds. The average molecular weight is 536 g/mol. The summed E-state index contributed by atoms with van der Waals surface area (Å²) >= 11 is 6.09. The number of halogens is 1. The molecule has 5 rings (SSSR count). The number of aryl methyl sites for hydroxylation is 1. The number of aromatic nitrogens is 5. The lowest BCUT2D eigenvalue weighted by molar-refractivity contribution is -0.118. The second kappa shape index (κ2) is 14.3. The van der Waals surface area contributed by atoms with Gasteiger partial charge in [-0.1, -0.05) is 31.2 Å². The zero-order valence-corrected chi connectivity index (χ0v) is 22.1. The molecule has 10 nitrogen and oxygen atoms in total. The van der Waals surface area contributed by atoms with Crippen LogP contribution in [0.2, 0.25) is 5.28 Å². The number of hydrogen-bond donors (Lipinski definition) is 2. The summed E-state index contributed by atoms with van der Waals surface area (Å²) in [6, 6.07) is 9.19. The Balaban J connectivity index is 0.000000254. The maximum atomic E-state index is 12.7. The predicted molar refractivity (Wildman–Crippen MR) is 145 cm³/mol. The van der Waals surface area contributed by atoms with Gasteiger partial charge >= 0.3 is 0 Å². The summed E-state index contributed by atoms with van der Waals surface area (Å²) in [7, 11) is 1.55. The molecule has 198 valence electrons. The molecule has 38 heavy (non-hydrogen) atoms. The molecule has 0 saturated carbocycles. The van der Waals surface area contributed by atoms with Crippen LogP contribution >= 0.6 is 11.6 Å². The summed E-state index contributed by atoms with van der Waals surface area (Å²) in [6.45, 7) is 11.2. The summed E-state index contributed by atoms with van der Waals surface area (Å²) in [5.74, 6) is -0.476. The molecular formula is C27H30ClN7O3. The average Bonchev–Trinajstić information content (AvgIpc) is 3.49. The van der Waals surface area contributed by atoms with Crippen molar-refractivity contribution >= 4 is 34.1 Å². The molecule has 4 aromatic rings. The van der Waals surface area contributed by atoms with Crippen molar-refractivity contribution in [1.29, 1.82) is 0 Å². The van der Waals surface area contributed by atoms with Crippen molar-refractivity contribution in [2.45, 2.75) is 38.8 Å². The number of aliphatic hydroxyl groups excluding tert-OH is 1. The van der Waals surface area contributed by atoms with Gasteiger partial charge in [0.05, 0.1) is 36.8 Å². The first-order valence-corrected chi connectivity index (χ1v) is 12.5. The van der Waals surface area contributed by atoms with E-state index in [2.05, 4.69) is 36.6 Å². The highest BCUT2D eigenvalue weighted by molar-refractivity contribution is 6.28. The fraction of sp³-hybridized carbons (Fsp3) is 0.333. The van der Waals surface area contributed by atoms with Gasteiger partial charge in [0.25, 0.3) is 0 Å². The molecule has 1 aliphatic carbocycles. The number of aliphatic hydroxyl groups is 1. The normalized spacial score (nSPS) is 13.7. The van der Waals surface area contributed by atoms with E-state index in [1.165, 1.54) is 0 Å². The topological polar surface area (TPSA) is 133 Å². The van der Waals surface area contributed by atoms with Gasteiger partial charge in [0.15, 0.2) is 17.1 Å². The fourth-order valence-corrected chi connectivity index (χ4v) is 4.14. The molecule has 1 aliphatic rings. The largest absolute Gasteiger partial charge is 0.394 e. The number of carbonyl (C=O) groups excluding carboxylic acids is 1. The number of fused-ring (bicyclic) bond motifs is 2. The number of carbonyl (C=O) groups is 1. The molecule has 3 aromatic heterocycles. The van der Waals surface area contributed by atoms with Crippen molar-refractivity contribution in [1.82, 2.24) is 24.7 Å². The first-order valence-electron chi connectivity index (χ1n) is 12.1. The molecule has 1 unspecified atom stereocenters. The molecule has 0 bridgehead atoms. The number of benzene rings is 1. The third-order valence-electron chi connectivity index (χ3n) is 5.67. The number of nitrogens with zero attached hydrogens (tertiary/aromatic N) is 6. The van der Waals surface area contributed by atoms with Crippen LogP contribution < -0.4 is 5.73 Å². The number of ether oxygens (including phenoxy) is 1. The minimum Gasteiger partial charge on any atom is -0.394 e. The Labute approximate surface area is 226 Å². The van der Waals surface area contributed by atoms with Crippen LogP contribution in [-0.4, -0.2) is 55.9 Å². The summed E-state index contributed by atoms with van der Waals surface area (Å²) in [6.07, 6.45) is 6.64. The van der Waals surface area contributed by atoms with Crippen LogP contribution in [0.25, 0.3) is 15.9 Å². The van der Waals surface area contributed by atoms with Crippen LogP contribution in [0.5, 0.6) is 0 Å². The molecule has 0 radical (unpaired) electrons. The van der Waals surface area contributed by atoms with Gasteiger partial charge in [-0.3, -0.25) is 14.5 Å². The number of rotatable bonds is 6. The lowest BCUT2D eigenvalue weighted by Crippen LogP contribution is -2.11. The van der Waals surface area contributed by atoms with Crippen molar-refractivity contribution in [2.24, 2.45) is 5.73 Å². The molecule has 0 saturated heterocycles. The highest BCUT2D eigenvalue weighted by atomic mass is 35.5. The van der Waals surface area contributed by atoms with Gasteiger partial charge in [0, 0.05) is 45.2 Å². The Morgan fingerprint density at radius 2 is 2.13 bits per heavy atom. The Hall–Kier alpha value is -3.75. The van der Waals surface area contributed by atoms with E-state index in [4.69, 9.17) is 29.0 Å². The molecule has 3 N–H and O–H groups in total. The maximum Gasteiger partial charge on any atom is 0.224 e. The molecule has 0 aliphatic heterocycles. The highest BCUT2D eigenvalue weighted by Gasteiger charge is 2.35. The zero-order valence-electron chi connectivity index (χ0n) is 21.3. The Bertz CT molecular complexity index is 1400. The molecule has 11 heteroatoms. The van der Waals surface area contributed by atoms with Crippen LogP contribution in [0.15, 0.2) is 48.9 Å². The number of nitrogens with two attached hydrogens (primary N) is 1. The molecule has 1 atom stereocenters. The monoisotopic (exact) mass is 535 g/mol. The van der Waals surface area contributed by atoms with Crippen molar-refractivity contribution in [3.8, 4) is 0 Å². The minimum absolute atomic E-state index is 0.0523. The zero-order chi connectivity index (χ0) is 27.5. The lowest BCUT2D eigenvalue weighted by Gasteiger charge is -2.11. The van der Waals surface area contributed by atoms with Gasteiger partial charge in [-0.15, -0.1) is 0 Å². The van der Waals surface area contributed by atoms with Gasteiger partial charge < -0.3 is 15.6 Å². The van der Waals surface area contributed by atoms with Gasteiger partial charge in [0.1, 0.15) is 0 Å². The van der Waals surface area contributed by atoms with Crippen LogP contribution in [0, 0.1) is 6.57 Å². The smallest absolute Gasteiger partial charge is 0.224 e. The minimum atomic E-state index is -0.529. The number of Topliss-reactive ketones (excluding diaryl/α,β-unsaturated/α-hetero) is 1. The van der Waals surface area contributed by atoms with E-state index in [0.29, 0.717) is 36.6 Å². The number of hydrogen-bond acceptors (Lipinski definition) is 8. The van der Waals surface area contributed by atoms with Gasteiger partial charge in [0.2, 0.25) is 5.28 Å². The fourth-order valence-electron chi connectivity index (χ4n) is 3.96. The number of pyridine rings is 1. The van der Waals surface area contributed by atoms with Crippen molar-refractivity contribution in [3.05, 3.63) is 88.0 Å². The van der Waals surface area contributed by atoms with Crippen LogP contribution in [0.4, 0.5) is 5.69 Å². The summed E-state index contributed by atoms with van der Waals surface area (Å²) in [5.41, 5.74) is 9.73. The van der Waals surface area contributed by atoms with Gasteiger partial charge in [-0.25, -0.2) is 9.83 Å². The van der Waals surface area contributed by atoms with Crippen molar-refractivity contribution in [3.63, 3.8) is 0 Å². The van der Waals surface area contributed by atoms with Gasteiger partial charge in [-0.05, 0) is 40.8 Å². The second-order valence-electron chi connectivity index (χ2n) is 8.36. The maximum absolute atomic E-state index is 12.7. The molecule has 3 heterocycles. The summed E-state index contributed by atoms with van der Waals surface area (Å²) in [5, 5.41) is 13.2. The van der Waals surface area contributed by atoms with E-state index in [-0.39, 0.29) is 17.7 Å². The highest BCUT2D eigenvalue weighted by Crippen LogP contribution is 2.39. The third-order valence-corrected chi connectivity index (χ3v) is 5.83.